The summed E-state index contributed by atoms with van der Waals surface area (Å²) in [6.45, 7) is 0.0143. The van der Waals surface area contributed by atoms with Gasteiger partial charge in [-0.25, -0.2) is 5.11 Å². The summed E-state index contributed by atoms with van der Waals surface area (Å²) in [6, 6.07) is 10.3. The third-order valence-corrected chi connectivity index (χ3v) is 2.94. The number of hydrogen-bond donors (Lipinski definition) is 0. The van der Waals surface area contributed by atoms with Gasteiger partial charge >= 0.3 is 0 Å². The van der Waals surface area contributed by atoms with E-state index in [1.165, 1.54) is 5.56 Å². The second kappa shape index (κ2) is 7.72. The van der Waals surface area contributed by atoms with Crippen molar-refractivity contribution in [3.8, 4) is 0 Å². The van der Waals surface area contributed by atoms with Crippen molar-refractivity contribution in [2.75, 3.05) is 12.5 Å². The van der Waals surface area contributed by atoms with Gasteiger partial charge in [0.2, 0.25) is 0 Å². The summed E-state index contributed by atoms with van der Waals surface area (Å²) in [7, 11) is 0. The molecule has 0 aromatic heterocycles. The van der Waals surface area contributed by atoms with Gasteiger partial charge in [-0.2, -0.15) is 0 Å². The molecule has 1 aromatic rings. The van der Waals surface area contributed by atoms with Crippen LogP contribution in [0.3, 0.4) is 0 Å². The average molecular weight is 226 g/mol. The third kappa shape index (κ3) is 4.67. The van der Waals surface area contributed by atoms with Gasteiger partial charge in [-0.15, -0.1) is 11.6 Å². The van der Waals surface area contributed by atoms with Crippen LogP contribution in [0, 0.1) is 0 Å². The molecule has 0 heterocycles. The second-order valence-corrected chi connectivity index (χ2v) is 4.16. The highest BCUT2D eigenvalue weighted by Crippen LogP contribution is 2.25. The van der Waals surface area contributed by atoms with Crippen LogP contribution < -0.4 is 0 Å². The zero-order valence-corrected chi connectivity index (χ0v) is 9.75. The summed E-state index contributed by atoms with van der Waals surface area (Å²) in [6.07, 6.45) is 3.98. The molecule has 0 bridgehead atoms. The summed E-state index contributed by atoms with van der Waals surface area (Å²) in [5, 5.41) is 10.7. The first kappa shape index (κ1) is 12.5. The van der Waals surface area contributed by atoms with E-state index in [9.17, 15) is 5.11 Å². The molecule has 0 N–H and O–H groups in total. The SMILES string of the molecule is [O]CCC(CCCCCl)c1ccccc1. The van der Waals surface area contributed by atoms with Crippen LogP contribution in [0.2, 0.25) is 0 Å². The van der Waals surface area contributed by atoms with E-state index in [4.69, 9.17) is 11.6 Å². The Hall–Kier alpha value is -0.530. The number of halogens is 1. The number of benzene rings is 1. The van der Waals surface area contributed by atoms with Gasteiger partial charge in [0.25, 0.3) is 0 Å². The molecule has 1 radical (unpaired) electrons. The zero-order chi connectivity index (χ0) is 10.9. The van der Waals surface area contributed by atoms with Crippen LogP contribution in [-0.2, 0) is 5.11 Å². The van der Waals surface area contributed by atoms with E-state index < -0.39 is 0 Å². The first-order valence-corrected chi connectivity index (χ1v) is 6.11. The van der Waals surface area contributed by atoms with Crippen molar-refractivity contribution in [3.63, 3.8) is 0 Å². The van der Waals surface area contributed by atoms with E-state index in [-0.39, 0.29) is 6.61 Å². The predicted molar refractivity (Wildman–Crippen MR) is 63.9 cm³/mol. The van der Waals surface area contributed by atoms with Crippen molar-refractivity contribution < 1.29 is 5.11 Å². The molecule has 83 valence electrons. The monoisotopic (exact) mass is 225 g/mol. The minimum Gasteiger partial charge on any atom is -0.237 e. The molecule has 0 aliphatic carbocycles. The van der Waals surface area contributed by atoms with Crippen LogP contribution in [0.15, 0.2) is 30.3 Å². The minimum absolute atomic E-state index is 0.0143. The molecule has 0 spiro atoms. The smallest absolute Gasteiger partial charge is 0.0828 e. The van der Waals surface area contributed by atoms with Crippen LogP contribution in [0.4, 0.5) is 0 Å². The lowest BCUT2D eigenvalue weighted by atomic mass is 9.91. The molecule has 0 aliphatic heterocycles. The van der Waals surface area contributed by atoms with Gasteiger partial charge < -0.3 is 0 Å². The quantitative estimate of drug-likeness (QED) is 0.494. The second-order valence-electron chi connectivity index (χ2n) is 3.79. The largest absolute Gasteiger partial charge is 0.237 e. The van der Waals surface area contributed by atoms with E-state index in [0.717, 1.165) is 31.6 Å². The summed E-state index contributed by atoms with van der Waals surface area (Å²) < 4.78 is 0. The number of hydrogen-bond acceptors (Lipinski definition) is 0. The normalized spacial score (nSPS) is 12.7. The van der Waals surface area contributed by atoms with Crippen molar-refractivity contribution in [2.45, 2.75) is 31.6 Å². The Morgan fingerprint density at radius 2 is 1.80 bits per heavy atom. The van der Waals surface area contributed by atoms with Crippen molar-refractivity contribution >= 4 is 11.6 Å². The van der Waals surface area contributed by atoms with Crippen LogP contribution >= 0.6 is 11.6 Å². The fourth-order valence-corrected chi connectivity index (χ4v) is 2.02. The molecule has 1 atom stereocenters. The first-order valence-electron chi connectivity index (χ1n) is 5.57. The Kier molecular flexibility index (Phi) is 6.45. The van der Waals surface area contributed by atoms with Gasteiger partial charge in [-0.1, -0.05) is 36.8 Å². The van der Waals surface area contributed by atoms with Crippen molar-refractivity contribution in [1.29, 1.82) is 0 Å². The van der Waals surface area contributed by atoms with Gasteiger partial charge in [-0.3, -0.25) is 0 Å². The molecule has 0 fully saturated rings. The Morgan fingerprint density at radius 3 is 2.40 bits per heavy atom. The number of rotatable bonds is 7. The van der Waals surface area contributed by atoms with Crippen LogP contribution in [0.5, 0.6) is 0 Å². The Bertz CT molecular complexity index is 248. The standard InChI is InChI=1S/C13H18ClO/c14-10-5-4-8-13(9-11-15)12-6-2-1-3-7-12/h1-3,6-7,13H,4-5,8-11H2. The molecular formula is C13H18ClO. The van der Waals surface area contributed by atoms with Gasteiger partial charge in [0, 0.05) is 5.88 Å². The van der Waals surface area contributed by atoms with Crippen LogP contribution in [0.25, 0.3) is 0 Å². The zero-order valence-electron chi connectivity index (χ0n) is 8.99. The summed E-state index contributed by atoms with van der Waals surface area (Å²) in [5.74, 6) is 1.14. The highest BCUT2D eigenvalue weighted by molar-refractivity contribution is 6.17. The maximum Gasteiger partial charge on any atom is 0.0828 e. The van der Waals surface area contributed by atoms with Gasteiger partial charge in [0.05, 0.1) is 6.61 Å². The molecule has 15 heavy (non-hydrogen) atoms. The Morgan fingerprint density at radius 1 is 1.07 bits per heavy atom. The lowest BCUT2D eigenvalue weighted by molar-refractivity contribution is 0.179. The lowest BCUT2D eigenvalue weighted by Gasteiger charge is -2.15. The van der Waals surface area contributed by atoms with E-state index in [1.807, 2.05) is 18.2 Å². The fourth-order valence-electron chi connectivity index (χ4n) is 1.83. The lowest BCUT2D eigenvalue weighted by Crippen LogP contribution is -2.01. The molecule has 1 unspecified atom stereocenters. The number of unbranched alkanes of at least 4 members (excludes halogenated alkanes) is 1. The maximum absolute atomic E-state index is 10.7. The molecule has 0 saturated carbocycles. The molecule has 1 rings (SSSR count). The average Bonchev–Trinajstić information content (AvgIpc) is 2.29. The molecule has 0 amide bonds. The molecule has 1 nitrogen and oxygen atoms in total. The van der Waals surface area contributed by atoms with Gasteiger partial charge in [0.1, 0.15) is 0 Å². The van der Waals surface area contributed by atoms with E-state index in [1.54, 1.807) is 0 Å². The van der Waals surface area contributed by atoms with Crippen LogP contribution in [-0.4, -0.2) is 12.5 Å². The van der Waals surface area contributed by atoms with Crippen molar-refractivity contribution in [2.24, 2.45) is 0 Å². The summed E-state index contributed by atoms with van der Waals surface area (Å²) in [4.78, 5) is 0. The van der Waals surface area contributed by atoms with E-state index in [2.05, 4.69) is 12.1 Å². The predicted octanol–water partition coefficient (Wildman–Crippen LogP) is 4.00. The molecule has 1 aromatic carbocycles. The Balaban J connectivity index is 2.50. The minimum atomic E-state index is 0.0143. The first-order chi connectivity index (χ1) is 7.38. The fraction of sp³-hybridized carbons (Fsp3) is 0.538. The molecule has 0 aliphatic rings. The van der Waals surface area contributed by atoms with E-state index >= 15 is 0 Å². The van der Waals surface area contributed by atoms with E-state index in [0.29, 0.717) is 5.92 Å². The van der Waals surface area contributed by atoms with Gasteiger partial charge in [0.15, 0.2) is 0 Å². The topological polar surface area (TPSA) is 19.9 Å². The van der Waals surface area contributed by atoms with Crippen molar-refractivity contribution in [1.82, 2.24) is 0 Å². The highest BCUT2D eigenvalue weighted by Gasteiger charge is 2.10. The van der Waals surface area contributed by atoms with Crippen molar-refractivity contribution in [3.05, 3.63) is 35.9 Å². The summed E-state index contributed by atoms with van der Waals surface area (Å²) >= 11 is 5.65. The van der Waals surface area contributed by atoms with Crippen LogP contribution in [0.1, 0.15) is 37.2 Å². The number of alkyl halides is 1. The molecular weight excluding hydrogens is 208 g/mol. The third-order valence-electron chi connectivity index (χ3n) is 2.67. The summed E-state index contributed by atoms with van der Waals surface area (Å²) in [5.41, 5.74) is 1.29. The van der Waals surface area contributed by atoms with Gasteiger partial charge in [-0.05, 0) is 30.7 Å². The molecule has 0 saturated heterocycles. The highest BCUT2D eigenvalue weighted by atomic mass is 35.5. The molecule has 2 heteroatoms. The maximum atomic E-state index is 10.7. The Labute approximate surface area is 97.1 Å².